The summed E-state index contributed by atoms with van der Waals surface area (Å²) in [5.74, 6) is 0.768. The van der Waals surface area contributed by atoms with Crippen LogP contribution in [0.3, 0.4) is 0 Å². The van der Waals surface area contributed by atoms with Gasteiger partial charge in [0, 0.05) is 5.69 Å². The van der Waals surface area contributed by atoms with Gasteiger partial charge in [-0.25, -0.2) is 0 Å². The molecule has 0 aromatic heterocycles. The van der Waals surface area contributed by atoms with Gasteiger partial charge in [-0.1, -0.05) is 31.0 Å². The molecule has 2 N–H and O–H groups in total. The first-order valence-electron chi connectivity index (χ1n) is 6.72. The van der Waals surface area contributed by atoms with Crippen molar-refractivity contribution >= 4 is 5.69 Å². The Kier molecular flexibility index (Phi) is 2.62. The van der Waals surface area contributed by atoms with Crippen LogP contribution in [0.15, 0.2) is 24.3 Å². The van der Waals surface area contributed by atoms with Crippen LogP contribution in [0.4, 0.5) is 5.69 Å². The fourth-order valence-corrected chi connectivity index (χ4v) is 2.95. The van der Waals surface area contributed by atoms with Gasteiger partial charge in [-0.2, -0.15) is 0 Å². The highest BCUT2D eigenvalue weighted by Crippen LogP contribution is 2.40. The summed E-state index contributed by atoms with van der Waals surface area (Å²) in [6, 6.07) is 8.65. The van der Waals surface area contributed by atoms with E-state index < -0.39 is 5.60 Å². The van der Waals surface area contributed by atoms with E-state index in [4.69, 9.17) is 0 Å². The van der Waals surface area contributed by atoms with Crippen molar-refractivity contribution in [3.8, 4) is 0 Å². The van der Waals surface area contributed by atoms with Gasteiger partial charge in [-0.3, -0.25) is 0 Å². The average Bonchev–Trinajstić information content (AvgIpc) is 3.11. The Bertz CT molecular complexity index is 409. The number of nitrogens with one attached hydrogen (secondary N) is 1. The Labute approximate surface area is 103 Å². The first-order chi connectivity index (χ1) is 8.15. The fraction of sp³-hybridized carbons (Fsp3) is 0.600. The molecule has 1 aliphatic carbocycles. The third-order valence-electron chi connectivity index (χ3n) is 4.20. The summed E-state index contributed by atoms with van der Waals surface area (Å²) in [7, 11) is 0. The molecule has 2 heteroatoms. The Balaban J connectivity index is 1.74. The van der Waals surface area contributed by atoms with Gasteiger partial charge in [0.25, 0.3) is 0 Å². The minimum absolute atomic E-state index is 0.206. The quantitative estimate of drug-likeness (QED) is 0.838. The van der Waals surface area contributed by atoms with Crippen LogP contribution in [-0.2, 0) is 6.42 Å². The molecule has 1 heterocycles. The molecule has 2 unspecified atom stereocenters. The van der Waals surface area contributed by atoms with Crippen LogP contribution in [0.5, 0.6) is 0 Å². The van der Waals surface area contributed by atoms with Crippen LogP contribution in [0.1, 0.15) is 38.2 Å². The van der Waals surface area contributed by atoms with Gasteiger partial charge in [0.05, 0.1) is 11.6 Å². The molecular weight excluding hydrogens is 210 g/mol. The molecule has 0 amide bonds. The molecule has 0 spiro atoms. The molecule has 17 heavy (non-hydrogen) atoms. The second-order valence-electron chi connectivity index (χ2n) is 5.90. The smallest absolute Gasteiger partial charge is 0.0822 e. The van der Waals surface area contributed by atoms with Gasteiger partial charge < -0.3 is 10.4 Å². The zero-order valence-corrected chi connectivity index (χ0v) is 10.4. The number of para-hydroxylation sites is 1. The second-order valence-corrected chi connectivity index (χ2v) is 5.90. The van der Waals surface area contributed by atoms with Crippen molar-refractivity contribution in [2.24, 2.45) is 5.92 Å². The van der Waals surface area contributed by atoms with Crippen LogP contribution in [0.25, 0.3) is 0 Å². The van der Waals surface area contributed by atoms with E-state index >= 15 is 0 Å². The van der Waals surface area contributed by atoms with Crippen molar-refractivity contribution < 1.29 is 5.11 Å². The number of rotatable bonds is 3. The molecule has 0 saturated heterocycles. The van der Waals surface area contributed by atoms with Crippen molar-refractivity contribution in [2.75, 3.05) is 5.32 Å². The van der Waals surface area contributed by atoms with Crippen molar-refractivity contribution in [3.63, 3.8) is 0 Å². The lowest BCUT2D eigenvalue weighted by Crippen LogP contribution is -2.46. The number of fused-ring (bicyclic) bond motifs is 1. The lowest BCUT2D eigenvalue weighted by atomic mass is 9.84. The molecule has 0 bridgehead atoms. The summed E-state index contributed by atoms with van der Waals surface area (Å²) in [6.45, 7) is 2.00. The first kappa shape index (κ1) is 11.1. The number of hydrogen-bond donors (Lipinski definition) is 2. The average molecular weight is 231 g/mol. The van der Waals surface area contributed by atoms with E-state index in [-0.39, 0.29) is 6.04 Å². The standard InChI is InChI=1S/C15H21NO/c1-15(17,10-11-6-7-11)14-9-8-12-4-2-3-5-13(12)16-14/h2-5,11,14,16-17H,6-10H2,1H3. The van der Waals surface area contributed by atoms with Gasteiger partial charge in [0.15, 0.2) is 0 Å². The third-order valence-corrected chi connectivity index (χ3v) is 4.20. The minimum Gasteiger partial charge on any atom is -0.388 e. The zero-order chi connectivity index (χ0) is 11.9. The predicted molar refractivity (Wildman–Crippen MR) is 70.1 cm³/mol. The Morgan fingerprint density at radius 2 is 2.06 bits per heavy atom. The fourth-order valence-electron chi connectivity index (χ4n) is 2.95. The van der Waals surface area contributed by atoms with Crippen molar-refractivity contribution in [1.82, 2.24) is 0 Å². The maximum atomic E-state index is 10.6. The van der Waals surface area contributed by atoms with Crippen molar-refractivity contribution in [2.45, 2.75) is 50.7 Å². The van der Waals surface area contributed by atoms with E-state index in [0.717, 1.165) is 25.2 Å². The highest BCUT2D eigenvalue weighted by molar-refractivity contribution is 5.54. The monoisotopic (exact) mass is 231 g/mol. The normalized spacial score (nSPS) is 26.8. The molecule has 1 aromatic rings. The topological polar surface area (TPSA) is 32.3 Å². The molecule has 1 aromatic carbocycles. The van der Waals surface area contributed by atoms with E-state index in [1.54, 1.807) is 0 Å². The number of anilines is 1. The molecule has 2 nitrogen and oxygen atoms in total. The molecule has 2 aliphatic rings. The molecule has 1 fully saturated rings. The van der Waals surface area contributed by atoms with E-state index in [2.05, 4.69) is 29.6 Å². The summed E-state index contributed by atoms with van der Waals surface area (Å²) in [5, 5.41) is 14.1. The highest BCUT2D eigenvalue weighted by atomic mass is 16.3. The van der Waals surface area contributed by atoms with Crippen LogP contribution in [0, 0.1) is 5.92 Å². The van der Waals surface area contributed by atoms with E-state index in [0.29, 0.717) is 0 Å². The molecule has 92 valence electrons. The van der Waals surface area contributed by atoms with Crippen molar-refractivity contribution in [3.05, 3.63) is 29.8 Å². The summed E-state index contributed by atoms with van der Waals surface area (Å²) in [5.41, 5.74) is 2.03. The van der Waals surface area contributed by atoms with Crippen LogP contribution < -0.4 is 5.32 Å². The van der Waals surface area contributed by atoms with Gasteiger partial charge in [0.2, 0.25) is 0 Å². The Morgan fingerprint density at radius 1 is 1.29 bits per heavy atom. The van der Waals surface area contributed by atoms with Crippen LogP contribution >= 0.6 is 0 Å². The lowest BCUT2D eigenvalue weighted by Gasteiger charge is -2.38. The Hall–Kier alpha value is -1.02. The number of aliphatic hydroxyl groups is 1. The highest BCUT2D eigenvalue weighted by Gasteiger charge is 2.38. The van der Waals surface area contributed by atoms with Crippen molar-refractivity contribution in [1.29, 1.82) is 0 Å². The SMILES string of the molecule is CC(O)(CC1CC1)C1CCc2ccccc2N1. The second kappa shape index (κ2) is 4.02. The first-order valence-corrected chi connectivity index (χ1v) is 6.72. The summed E-state index contributed by atoms with van der Waals surface area (Å²) < 4.78 is 0. The third kappa shape index (κ3) is 2.32. The maximum Gasteiger partial charge on any atom is 0.0822 e. The van der Waals surface area contributed by atoms with Gasteiger partial charge >= 0.3 is 0 Å². The minimum atomic E-state index is -0.561. The van der Waals surface area contributed by atoms with E-state index in [1.807, 2.05) is 6.92 Å². The van der Waals surface area contributed by atoms with Gasteiger partial charge in [-0.05, 0) is 43.7 Å². The summed E-state index contributed by atoms with van der Waals surface area (Å²) >= 11 is 0. The summed E-state index contributed by atoms with van der Waals surface area (Å²) in [4.78, 5) is 0. The van der Waals surface area contributed by atoms with Gasteiger partial charge in [0.1, 0.15) is 0 Å². The predicted octanol–water partition coefficient (Wildman–Crippen LogP) is 2.96. The lowest BCUT2D eigenvalue weighted by molar-refractivity contribution is 0.0221. The molecule has 1 aliphatic heterocycles. The molecule has 0 radical (unpaired) electrons. The maximum absolute atomic E-state index is 10.6. The number of aryl methyl sites for hydroxylation is 1. The van der Waals surface area contributed by atoms with Gasteiger partial charge in [-0.15, -0.1) is 0 Å². The molecule has 2 atom stereocenters. The Morgan fingerprint density at radius 3 is 2.82 bits per heavy atom. The van der Waals surface area contributed by atoms with E-state index in [9.17, 15) is 5.11 Å². The largest absolute Gasteiger partial charge is 0.388 e. The van der Waals surface area contributed by atoms with Crippen LogP contribution in [0.2, 0.25) is 0 Å². The molecular formula is C15H21NO. The number of hydrogen-bond acceptors (Lipinski definition) is 2. The van der Waals surface area contributed by atoms with Crippen LogP contribution in [-0.4, -0.2) is 16.7 Å². The van der Waals surface area contributed by atoms with E-state index in [1.165, 1.54) is 24.1 Å². The molecule has 3 rings (SSSR count). The zero-order valence-electron chi connectivity index (χ0n) is 10.4. The summed E-state index contributed by atoms with van der Waals surface area (Å²) in [6.07, 6.45) is 5.68. The molecule has 1 saturated carbocycles. The number of benzene rings is 1.